The van der Waals surface area contributed by atoms with Crippen LogP contribution in [0.5, 0.6) is 11.5 Å². The predicted octanol–water partition coefficient (Wildman–Crippen LogP) is 2.70. The molecule has 2 aliphatic rings. The summed E-state index contributed by atoms with van der Waals surface area (Å²) in [6.07, 6.45) is 2.23. The van der Waals surface area contributed by atoms with Gasteiger partial charge in [-0.15, -0.1) is 0 Å². The van der Waals surface area contributed by atoms with E-state index in [9.17, 15) is 23.1 Å². The summed E-state index contributed by atoms with van der Waals surface area (Å²) >= 11 is 0. The lowest BCUT2D eigenvalue weighted by molar-refractivity contribution is -0.122. The molecule has 2 aromatic rings. The van der Waals surface area contributed by atoms with Crippen molar-refractivity contribution in [2.45, 2.75) is 63.5 Å². The van der Waals surface area contributed by atoms with Crippen LogP contribution >= 0.6 is 0 Å². The van der Waals surface area contributed by atoms with Gasteiger partial charge in [0.2, 0.25) is 28.6 Å². The Labute approximate surface area is 266 Å². The molecule has 2 aliphatic heterocycles. The highest BCUT2D eigenvalue weighted by atomic mass is 32.2. The van der Waals surface area contributed by atoms with Crippen LogP contribution in [0.3, 0.4) is 0 Å². The van der Waals surface area contributed by atoms with Gasteiger partial charge in [0.05, 0.1) is 11.4 Å². The quantitative estimate of drug-likeness (QED) is 0.163. The smallest absolute Gasteiger partial charge is 0.245 e. The van der Waals surface area contributed by atoms with Crippen molar-refractivity contribution in [3.63, 3.8) is 0 Å². The highest BCUT2D eigenvalue weighted by Crippen LogP contribution is 2.37. The Morgan fingerprint density at radius 3 is 2.47 bits per heavy atom. The molecule has 2 aromatic carbocycles. The summed E-state index contributed by atoms with van der Waals surface area (Å²) in [4.78, 5) is 26.9. The van der Waals surface area contributed by atoms with Crippen LogP contribution < -0.4 is 20.1 Å². The Kier molecular flexibility index (Phi) is 11.9. The van der Waals surface area contributed by atoms with Gasteiger partial charge in [-0.05, 0) is 49.5 Å². The lowest BCUT2D eigenvalue weighted by Crippen LogP contribution is -2.55. The normalized spacial score (nSPS) is 16.6. The summed E-state index contributed by atoms with van der Waals surface area (Å²) in [5.41, 5.74) is -1.12. The van der Waals surface area contributed by atoms with Gasteiger partial charge in [-0.1, -0.05) is 57.0 Å². The molecule has 1 saturated heterocycles. The number of fused-ring (bicyclic) bond motifs is 1. The third kappa shape index (κ3) is 9.68. The second kappa shape index (κ2) is 15.6. The van der Waals surface area contributed by atoms with Crippen molar-refractivity contribution in [3.05, 3.63) is 54.1 Å². The summed E-state index contributed by atoms with van der Waals surface area (Å²) in [6, 6.07) is 16.2. The van der Waals surface area contributed by atoms with E-state index in [1.807, 2.05) is 44.2 Å². The molecule has 4 rings (SSSR count). The molecule has 0 aliphatic carbocycles. The van der Waals surface area contributed by atoms with E-state index in [1.165, 1.54) is 12.1 Å². The first-order valence-corrected chi connectivity index (χ1v) is 16.9. The van der Waals surface area contributed by atoms with Crippen LogP contribution in [0.25, 0.3) is 0 Å². The number of carbonyl (C=O) groups excluding carboxylic acids is 2. The van der Waals surface area contributed by atoms with Crippen LogP contribution in [-0.2, 0) is 26.0 Å². The molecular weight excluding hydrogens is 596 g/mol. The second-order valence-corrected chi connectivity index (χ2v) is 14.0. The summed E-state index contributed by atoms with van der Waals surface area (Å²) in [6.45, 7) is 7.76. The summed E-state index contributed by atoms with van der Waals surface area (Å²) in [5, 5.41) is 17.6. The van der Waals surface area contributed by atoms with Gasteiger partial charge in [0.1, 0.15) is 5.72 Å². The Morgan fingerprint density at radius 2 is 1.76 bits per heavy atom. The van der Waals surface area contributed by atoms with Gasteiger partial charge in [-0.2, -0.15) is 4.31 Å². The number of nitrogens with one attached hydrogen (secondary N) is 2. The first-order chi connectivity index (χ1) is 21.5. The number of carbonyl (C=O) groups is 2. The zero-order valence-corrected chi connectivity index (χ0v) is 27.1. The van der Waals surface area contributed by atoms with E-state index in [2.05, 4.69) is 27.5 Å². The van der Waals surface area contributed by atoms with Gasteiger partial charge in [0.25, 0.3) is 0 Å². The van der Waals surface area contributed by atoms with Crippen LogP contribution in [0.2, 0.25) is 0 Å². The maximum Gasteiger partial charge on any atom is 0.245 e. The number of aliphatic hydroxyl groups is 1. The molecule has 244 valence electrons. The fourth-order valence-electron chi connectivity index (χ4n) is 5.43. The summed E-state index contributed by atoms with van der Waals surface area (Å²) in [7, 11) is -4.21. The van der Waals surface area contributed by atoms with Crippen molar-refractivity contribution >= 4 is 21.8 Å². The van der Waals surface area contributed by atoms with Crippen molar-refractivity contribution in [1.82, 2.24) is 19.8 Å². The van der Waals surface area contributed by atoms with Crippen LogP contribution in [-0.4, -0.2) is 79.8 Å². The number of likely N-dealkylation sites (tertiary alicyclic amines) is 1. The number of amides is 2. The molecule has 1 fully saturated rings. The molecule has 0 radical (unpaired) electrons. The average molecular weight is 641 g/mol. The molecule has 0 bridgehead atoms. The fourth-order valence-corrected chi connectivity index (χ4v) is 7.28. The minimum atomic E-state index is -4.21. The Hall–Kier alpha value is -3.63. The minimum Gasteiger partial charge on any atom is -0.454 e. The van der Waals surface area contributed by atoms with Crippen LogP contribution in [0, 0.1) is 23.8 Å². The van der Waals surface area contributed by atoms with Gasteiger partial charge < -0.3 is 19.9 Å². The first-order valence-electron chi connectivity index (χ1n) is 15.4. The largest absolute Gasteiger partial charge is 0.454 e. The minimum absolute atomic E-state index is 0.00373. The number of sulfonamides is 1. The average Bonchev–Trinajstić information content (AvgIpc) is 3.68. The predicted molar refractivity (Wildman–Crippen MR) is 169 cm³/mol. The number of hydrogen-bond acceptors (Lipinski definition) is 8. The molecule has 11 nitrogen and oxygen atoms in total. The van der Waals surface area contributed by atoms with Crippen molar-refractivity contribution in [3.8, 4) is 23.5 Å². The molecule has 2 amide bonds. The maximum absolute atomic E-state index is 14.1. The van der Waals surface area contributed by atoms with Gasteiger partial charge >= 0.3 is 0 Å². The molecule has 2 unspecified atom stereocenters. The topological polar surface area (TPSA) is 138 Å². The Bertz CT molecular complexity index is 1480. The molecule has 0 spiro atoms. The number of rotatable bonds is 14. The van der Waals surface area contributed by atoms with Crippen LogP contribution in [0.15, 0.2) is 53.4 Å². The monoisotopic (exact) mass is 640 g/mol. The number of ether oxygens (including phenoxy) is 2. The highest BCUT2D eigenvalue weighted by Gasteiger charge is 2.43. The fraction of sp³-hybridized carbons (Fsp3) is 0.515. The summed E-state index contributed by atoms with van der Waals surface area (Å²) in [5.74, 6) is 2.76. The lowest BCUT2D eigenvalue weighted by atomic mass is 9.98. The van der Waals surface area contributed by atoms with Gasteiger partial charge in [0, 0.05) is 50.4 Å². The molecular formula is C33H44N4O7S. The van der Waals surface area contributed by atoms with Crippen molar-refractivity contribution in [2.75, 3.05) is 39.5 Å². The van der Waals surface area contributed by atoms with E-state index in [-0.39, 0.29) is 67.7 Å². The van der Waals surface area contributed by atoms with E-state index in [1.54, 1.807) is 13.0 Å². The molecule has 0 aromatic heterocycles. The van der Waals surface area contributed by atoms with Crippen molar-refractivity contribution < 1.29 is 32.6 Å². The zero-order valence-electron chi connectivity index (χ0n) is 26.3. The Balaban J connectivity index is 1.44. The highest BCUT2D eigenvalue weighted by molar-refractivity contribution is 7.89. The third-order valence-electron chi connectivity index (χ3n) is 7.68. The van der Waals surface area contributed by atoms with E-state index in [0.717, 1.165) is 35.8 Å². The Morgan fingerprint density at radius 1 is 1.04 bits per heavy atom. The standard InChI is InChI=1S/C33H44N4O7S/c1-25(2)22-37(45(41,42)28-11-12-29-30(20-28)44-24-43-29)33(40,21-27-9-5-4-6-10-27)14-16-35-31(38)19-26(3)13-15-34-32(39)23-36-17-7-8-18-36/h4-6,9-12,20,25-26,40H,7-8,14,16-19,21-24H2,1-3H3,(H,34,39)(H,35,38). The molecule has 12 heteroatoms. The van der Waals surface area contributed by atoms with Gasteiger partial charge in [-0.3, -0.25) is 19.8 Å². The third-order valence-corrected chi connectivity index (χ3v) is 9.60. The molecule has 3 N–H and O–H groups in total. The SMILES string of the molecule is CC(C)CN(C(O)(CCNC(=O)CC(C)C#CNC(=O)CN1CCCC1)Cc1ccccc1)S(=O)(=O)c1ccc2c(c1)OCO2. The molecule has 0 saturated carbocycles. The molecule has 45 heavy (non-hydrogen) atoms. The van der Waals surface area contributed by atoms with Crippen molar-refractivity contribution in [1.29, 1.82) is 0 Å². The number of benzene rings is 2. The van der Waals surface area contributed by atoms with Crippen LogP contribution in [0.1, 0.15) is 52.0 Å². The zero-order chi connectivity index (χ0) is 32.5. The number of nitrogens with zero attached hydrogens (tertiary/aromatic N) is 2. The maximum atomic E-state index is 14.1. The second-order valence-electron chi connectivity index (χ2n) is 12.1. The van der Waals surface area contributed by atoms with Gasteiger partial charge in [0.15, 0.2) is 11.5 Å². The summed E-state index contributed by atoms with van der Waals surface area (Å²) < 4.78 is 40.2. The van der Waals surface area contributed by atoms with Crippen LogP contribution in [0.4, 0.5) is 0 Å². The van der Waals surface area contributed by atoms with Gasteiger partial charge in [-0.25, -0.2) is 8.42 Å². The van der Waals surface area contributed by atoms with E-state index >= 15 is 0 Å². The van der Waals surface area contributed by atoms with Crippen molar-refractivity contribution in [2.24, 2.45) is 11.8 Å². The molecule has 2 atom stereocenters. The number of hydrogen-bond donors (Lipinski definition) is 3. The first kappa shape index (κ1) is 34.2. The molecule has 2 heterocycles. The van der Waals surface area contributed by atoms with E-state index in [0.29, 0.717) is 18.0 Å². The van der Waals surface area contributed by atoms with E-state index in [4.69, 9.17) is 9.47 Å². The lowest BCUT2D eigenvalue weighted by Gasteiger charge is -2.40. The van der Waals surface area contributed by atoms with E-state index < -0.39 is 15.7 Å².